The lowest BCUT2D eigenvalue weighted by molar-refractivity contribution is 1.18. The Kier molecular flexibility index (Phi) is 7.71. The smallest absolute Gasteiger partial charge is 0.160 e. The first-order valence-electron chi connectivity index (χ1n) is 17.9. The summed E-state index contributed by atoms with van der Waals surface area (Å²) in [4.78, 5) is 10.5. The molecule has 3 heteroatoms. The number of thiophene rings is 1. The van der Waals surface area contributed by atoms with Crippen molar-refractivity contribution >= 4 is 42.3 Å². The Morgan fingerprint density at radius 2 is 0.811 bits per heavy atom. The zero-order chi connectivity index (χ0) is 35.1. The van der Waals surface area contributed by atoms with Gasteiger partial charge in [0.05, 0.1) is 11.4 Å². The molecule has 2 nitrogen and oxygen atoms in total. The van der Waals surface area contributed by atoms with Crippen LogP contribution in [0.25, 0.3) is 98.2 Å². The minimum atomic E-state index is 0.706. The molecule has 0 aliphatic heterocycles. The zero-order valence-electron chi connectivity index (χ0n) is 28.8. The number of hydrogen-bond donors (Lipinski definition) is 0. The van der Waals surface area contributed by atoms with E-state index in [2.05, 4.69) is 188 Å². The van der Waals surface area contributed by atoms with Crippen LogP contribution >= 0.6 is 11.3 Å². The second-order valence-electron chi connectivity index (χ2n) is 13.4. The average molecular weight is 693 g/mol. The highest BCUT2D eigenvalue weighted by atomic mass is 32.1. The van der Waals surface area contributed by atoms with Crippen molar-refractivity contribution in [2.24, 2.45) is 0 Å². The molecular formula is C50H32N2S. The normalized spacial score (nSPS) is 11.4. The maximum Gasteiger partial charge on any atom is 0.160 e. The number of rotatable bonds is 6. The van der Waals surface area contributed by atoms with E-state index in [0.29, 0.717) is 5.82 Å². The maximum atomic E-state index is 5.30. The highest BCUT2D eigenvalue weighted by Gasteiger charge is 2.15. The highest BCUT2D eigenvalue weighted by Crippen LogP contribution is 2.39. The summed E-state index contributed by atoms with van der Waals surface area (Å²) in [7, 11) is 0. The van der Waals surface area contributed by atoms with Gasteiger partial charge in [0.25, 0.3) is 0 Å². The van der Waals surface area contributed by atoms with Gasteiger partial charge in [-0.05, 0) is 86.6 Å². The maximum absolute atomic E-state index is 5.30. The molecule has 0 unspecified atom stereocenters. The summed E-state index contributed by atoms with van der Waals surface area (Å²) in [5, 5.41) is 4.97. The van der Waals surface area contributed by atoms with Crippen molar-refractivity contribution in [1.29, 1.82) is 0 Å². The molecule has 0 aliphatic rings. The van der Waals surface area contributed by atoms with Crippen LogP contribution in [0.3, 0.4) is 0 Å². The molecule has 0 fully saturated rings. The number of nitrogens with zero attached hydrogens (tertiary/aromatic N) is 2. The van der Waals surface area contributed by atoms with Crippen molar-refractivity contribution < 1.29 is 0 Å². The van der Waals surface area contributed by atoms with E-state index in [-0.39, 0.29) is 0 Å². The van der Waals surface area contributed by atoms with Crippen LogP contribution in [0.1, 0.15) is 0 Å². The molecule has 0 bridgehead atoms. The Labute approximate surface area is 312 Å². The monoisotopic (exact) mass is 692 g/mol. The van der Waals surface area contributed by atoms with E-state index < -0.39 is 0 Å². The van der Waals surface area contributed by atoms with Gasteiger partial charge < -0.3 is 0 Å². The van der Waals surface area contributed by atoms with E-state index in [1.54, 1.807) is 0 Å². The molecule has 0 saturated heterocycles. The first kappa shape index (κ1) is 31.1. The van der Waals surface area contributed by atoms with Gasteiger partial charge in [-0.15, -0.1) is 11.3 Å². The van der Waals surface area contributed by atoms with Crippen LogP contribution in [-0.2, 0) is 0 Å². The summed E-state index contributed by atoms with van der Waals surface area (Å²) in [6.07, 6.45) is 0. The Bertz CT molecular complexity index is 2930. The quantitative estimate of drug-likeness (QED) is 0.173. The van der Waals surface area contributed by atoms with E-state index in [1.807, 2.05) is 17.4 Å². The average Bonchev–Trinajstić information content (AvgIpc) is 3.62. The molecule has 2 heterocycles. The van der Waals surface area contributed by atoms with Crippen molar-refractivity contribution in [2.75, 3.05) is 0 Å². The van der Waals surface area contributed by atoms with Crippen LogP contribution < -0.4 is 0 Å². The van der Waals surface area contributed by atoms with Crippen molar-refractivity contribution in [3.8, 4) is 67.3 Å². The van der Waals surface area contributed by atoms with Crippen molar-refractivity contribution in [1.82, 2.24) is 9.97 Å². The predicted molar refractivity (Wildman–Crippen MR) is 225 cm³/mol. The molecule has 0 spiro atoms. The van der Waals surface area contributed by atoms with Crippen LogP contribution in [0, 0.1) is 0 Å². The highest BCUT2D eigenvalue weighted by molar-refractivity contribution is 7.25. The van der Waals surface area contributed by atoms with E-state index in [0.717, 1.165) is 44.8 Å². The zero-order valence-corrected chi connectivity index (χ0v) is 29.6. The van der Waals surface area contributed by atoms with Gasteiger partial charge in [-0.25, -0.2) is 9.97 Å². The molecule has 0 radical (unpaired) electrons. The molecule has 10 aromatic rings. The van der Waals surface area contributed by atoms with Gasteiger partial charge in [-0.1, -0.05) is 152 Å². The third kappa shape index (κ3) is 5.97. The summed E-state index contributed by atoms with van der Waals surface area (Å²) < 4.78 is 2.60. The Balaban J connectivity index is 1.16. The molecule has 0 atom stereocenters. The van der Waals surface area contributed by atoms with Gasteiger partial charge in [-0.3, -0.25) is 0 Å². The Morgan fingerprint density at radius 1 is 0.283 bits per heavy atom. The van der Waals surface area contributed by atoms with Crippen LogP contribution in [0.4, 0.5) is 0 Å². The lowest BCUT2D eigenvalue weighted by atomic mass is 9.93. The largest absolute Gasteiger partial charge is 0.228 e. The molecule has 0 N–H and O–H groups in total. The first-order chi connectivity index (χ1) is 26.2. The fourth-order valence-corrected chi connectivity index (χ4v) is 8.45. The number of aromatic nitrogens is 2. The summed E-state index contributed by atoms with van der Waals surface area (Å²) in [5.74, 6) is 0.706. The molecule has 8 aromatic carbocycles. The molecule has 0 amide bonds. The lowest BCUT2D eigenvalue weighted by Crippen LogP contribution is -1.96. The second kappa shape index (κ2) is 13.1. The van der Waals surface area contributed by atoms with Crippen molar-refractivity contribution in [3.05, 3.63) is 194 Å². The first-order valence-corrected chi connectivity index (χ1v) is 18.7. The predicted octanol–water partition coefficient (Wildman–Crippen LogP) is 14.0. The van der Waals surface area contributed by atoms with Crippen LogP contribution in [0.15, 0.2) is 194 Å². The van der Waals surface area contributed by atoms with Crippen LogP contribution in [-0.4, -0.2) is 9.97 Å². The summed E-state index contributed by atoms with van der Waals surface area (Å²) in [6.45, 7) is 0. The number of benzene rings is 8. The van der Waals surface area contributed by atoms with Gasteiger partial charge in [0.2, 0.25) is 0 Å². The summed E-state index contributed by atoms with van der Waals surface area (Å²) in [6, 6.07) is 69.4. The van der Waals surface area contributed by atoms with E-state index in [4.69, 9.17) is 9.97 Å². The van der Waals surface area contributed by atoms with E-state index >= 15 is 0 Å². The summed E-state index contributed by atoms with van der Waals surface area (Å²) >= 11 is 1.85. The van der Waals surface area contributed by atoms with Gasteiger partial charge >= 0.3 is 0 Å². The van der Waals surface area contributed by atoms with E-state index in [1.165, 1.54) is 47.6 Å². The second-order valence-corrected chi connectivity index (χ2v) is 14.5. The van der Waals surface area contributed by atoms with Crippen molar-refractivity contribution in [2.45, 2.75) is 0 Å². The molecule has 2 aromatic heterocycles. The molecule has 0 saturated carbocycles. The Morgan fingerprint density at radius 3 is 1.58 bits per heavy atom. The third-order valence-electron chi connectivity index (χ3n) is 10.1. The third-order valence-corrected chi connectivity index (χ3v) is 11.2. The molecule has 10 rings (SSSR count). The fourth-order valence-electron chi connectivity index (χ4n) is 7.31. The fraction of sp³-hybridized carbons (Fsp3) is 0. The molecule has 248 valence electrons. The van der Waals surface area contributed by atoms with Gasteiger partial charge in [-0.2, -0.15) is 0 Å². The summed E-state index contributed by atoms with van der Waals surface area (Å²) in [5.41, 5.74) is 11.9. The lowest BCUT2D eigenvalue weighted by Gasteiger charge is -2.14. The van der Waals surface area contributed by atoms with Crippen LogP contribution in [0.5, 0.6) is 0 Å². The van der Waals surface area contributed by atoms with Gasteiger partial charge in [0.1, 0.15) is 0 Å². The molecular weight excluding hydrogens is 661 g/mol. The Hall–Kier alpha value is -6.68. The standard InChI is InChI=1S/C50H32N2S/c1-3-11-33(12-4-1)35-19-21-36(22-20-35)41-28-42(39-25-26-45-44-17-9-10-18-48(44)53-49(45)31-39)30-43(29-41)47-32-46(37-14-5-2-6-15-37)51-50(52-47)40-24-23-34-13-7-8-16-38(34)27-40/h1-32H. The molecule has 53 heavy (non-hydrogen) atoms. The van der Waals surface area contributed by atoms with Gasteiger partial charge in [0.15, 0.2) is 5.82 Å². The van der Waals surface area contributed by atoms with E-state index in [9.17, 15) is 0 Å². The minimum Gasteiger partial charge on any atom is -0.228 e. The minimum absolute atomic E-state index is 0.706. The van der Waals surface area contributed by atoms with Gasteiger partial charge in [0, 0.05) is 36.9 Å². The SMILES string of the molecule is c1ccc(-c2ccc(-c3cc(-c4ccc5c(c4)sc4ccccc45)cc(-c4cc(-c5ccccc5)nc(-c5ccc6ccccc6c5)n4)c3)cc2)cc1. The number of fused-ring (bicyclic) bond motifs is 4. The van der Waals surface area contributed by atoms with Crippen LogP contribution in [0.2, 0.25) is 0 Å². The van der Waals surface area contributed by atoms with Crippen molar-refractivity contribution in [3.63, 3.8) is 0 Å². The molecule has 0 aliphatic carbocycles. The topological polar surface area (TPSA) is 25.8 Å². The number of hydrogen-bond acceptors (Lipinski definition) is 3.